The Labute approximate surface area is 237 Å². The molecule has 1 amide bonds. The molecule has 0 aliphatic rings. The quantitative estimate of drug-likeness (QED) is 0.0707. The third-order valence-electron chi connectivity index (χ3n) is 8.32. The van der Waals surface area contributed by atoms with Gasteiger partial charge in [-0.2, -0.15) is 0 Å². The summed E-state index contributed by atoms with van der Waals surface area (Å²) >= 11 is 0. The van der Waals surface area contributed by atoms with Crippen molar-refractivity contribution in [1.29, 1.82) is 0 Å². The number of rotatable bonds is 30. The van der Waals surface area contributed by atoms with Crippen molar-refractivity contribution < 1.29 is 14.7 Å². The number of unbranched alkanes of at least 4 members (excludes halogenated alkanes) is 24. The molecule has 0 aromatic carbocycles. The minimum Gasteiger partial charge on any atom is -0.480 e. The molecule has 1 atom stereocenters. The summed E-state index contributed by atoms with van der Waals surface area (Å²) in [6, 6.07) is 0. The van der Waals surface area contributed by atoms with Crippen LogP contribution in [-0.4, -0.2) is 23.5 Å². The standard InChI is InChI=1S/C34H67NO3/c1-4-6-8-10-12-14-16-18-19-21-23-25-27-29-31-35-32(36)34(3,33(37)38)30-28-26-24-22-20-17-15-13-11-9-7-5-2/h4-31H2,1-3H3,(H,35,36)(H,37,38). The highest BCUT2D eigenvalue weighted by atomic mass is 16.4. The highest BCUT2D eigenvalue weighted by molar-refractivity contribution is 6.01. The van der Waals surface area contributed by atoms with E-state index in [1.165, 1.54) is 135 Å². The highest BCUT2D eigenvalue weighted by Crippen LogP contribution is 2.26. The summed E-state index contributed by atoms with van der Waals surface area (Å²) in [4.78, 5) is 24.6. The fraction of sp³-hybridized carbons (Fsp3) is 0.941. The van der Waals surface area contributed by atoms with E-state index in [0.29, 0.717) is 13.0 Å². The van der Waals surface area contributed by atoms with E-state index >= 15 is 0 Å². The molecule has 0 rings (SSSR count). The Morgan fingerprint density at radius 3 is 1.11 bits per heavy atom. The fourth-order valence-corrected chi connectivity index (χ4v) is 5.35. The first kappa shape index (κ1) is 36.9. The molecule has 0 aliphatic carbocycles. The van der Waals surface area contributed by atoms with Crippen LogP contribution >= 0.6 is 0 Å². The van der Waals surface area contributed by atoms with Crippen molar-refractivity contribution in [3.8, 4) is 0 Å². The first-order valence-electron chi connectivity index (χ1n) is 17.0. The molecule has 4 nitrogen and oxygen atoms in total. The van der Waals surface area contributed by atoms with Crippen LogP contribution in [0, 0.1) is 5.41 Å². The predicted octanol–water partition coefficient (Wildman–Crippen LogP) is 10.8. The van der Waals surface area contributed by atoms with E-state index in [0.717, 1.165) is 32.1 Å². The largest absolute Gasteiger partial charge is 0.480 e. The molecule has 0 fully saturated rings. The first-order chi connectivity index (χ1) is 18.5. The Bertz CT molecular complexity index is 536. The topological polar surface area (TPSA) is 66.4 Å². The molecule has 0 radical (unpaired) electrons. The Morgan fingerprint density at radius 2 is 0.789 bits per heavy atom. The minimum atomic E-state index is -1.30. The zero-order valence-electron chi connectivity index (χ0n) is 26.1. The maximum Gasteiger partial charge on any atom is 0.318 e. The van der Waals surface area contributed by atoms with Gasteiger partial charge in [-0.05, 0) is 19.8 Å². The van der Waals surface area contributed by atoms with Gasteiger partial charge in [-0.15, -0.1) is 0 Å². The predicted molar refractivity (Wildman–Crippen MR) is 165 cm³/mol. The number of amides is 1. The maximum absolute atomic E-state index is 12.7. The number of carboxylic acid groups (broad SMARTS) is 1. The molecule has 0 bridgehead atoms. The van der Waals surface area contributed by atoms with E-state index in [4.69, 9.17) is 0 Å². The van der Waals surface area contributed by atoms with Gasteiger partial charge in [0, 0.05) is 6.54 Å². The van der Waals surface area contributed by atoms with Crippen LogP contribution in [0.1, 0.15) is 194 Å². The fourth-order valence-electron chi connectivity index (χ4n) is 5.35. The van der Waals surface area contributed by atoms with Gasteiger partial charge in [0.25, 0.3) is 0 Å². The summed E-state index contributed by atoms with van der Waals surface area (Å²) in [6.07, 6.45) is 33.7. The lowest BCUT2D eigenvalue weighted by Crippen LogP contribution is -2.44. The van der Waals surface area contributed by atoms with Gasteiger partial charge in [0.1, 0.15) is 5.41 Å². The summed E-state index contributed by atoms with van der Waals surface area (Å²) in [5.74, 6) is -1.29. The zero-order valence-corrected chi connectivity index (χ0v) is 26.1. The lowest BCUT2D eigenvalue weighted by molar-refractivity contribution is -0.155. The number of hydrogen-bond donors (Lipinski definition) is 2. The molecule has 0 aromatic rings. The molecule has 0 aliphatic heterocycles. The van der Waals surface area contributed by atoms with Crippen molar-refractivity contribution in [3.05, 3.63) is 0 Å². The third kappa shape index (κ3) is 21.8. The molecule has 38 heavy (non-hydrogen) atoms. The number of carbonyl (C=O) groups excluding carboxylic acids is 1. The lowest BCUT2D eigenvalue weighted by atomic mass is 9.83. The Kier molecular flexibility index (Phi) is 26.7. The van der Waals surface area contributed by atoms with Gasteiger partial charge in [-0.3, -0.25) is 9.59 Å². The first-order valence-corrected chi connectivity index (χ1v) is 17.0. The lowest BCUT2D eigenvalue weighted by Gasteiger charge is -2.23. The molecule has 1 unspecified atom stereocenters. The highest BCUT2D eigenvalue weighted by Gasteiger charge is 2.40. The molecule has 0 aromatic heterocycles. The van der Waals surface area contributed by atoms with Crippen LogP contribution in [0.5, 0.6) is 0 Å². The molecular formula is C34H67NO3. The molecule has 0 heterocycles. The second-order valence-electron chi connectivity index (χ2n) is 12.1. The van der Waals surface area contributed by atoms with Gasteiger partial charge >= 0.3 is 5.97 Å². The molecule has 226 valence electrons. The number of nitrogens with one attached hydrogen (secondary N) is 1. The van der Waals surface area contributed by atoms with E-state index in [2.05, 4.69) is 19.2 Å². The van der Waals surface area contributed by atoms with Crippen molar-refractivity contribution in [1.82, 2.24) is 5.32 Å². The molecule has 0 spiro atoms. The second kappa shape index (κ2) is 27.5. The van der Waals surface area contributed by atoms with Gasteiger partial charge in [-0.25, -0.2) is 0 Å². The van der Waals surface area contributed by atoms with Crippen LogP contribution < -0.4 is 5.32 Å². The second-order valence-corrected chi connectivity index (χ2v) is 12.1. The van der Waals surface area contributed by atoms with Gasteiger partial charge in [-0.1, -0.05) is 174 Å². The van der Waals surface area contributed by atoms with Gasteiger partial charge in [0.05, 0.1) is 0 Å². The molecule has 4 heteroatoms. The molecule has 0 saturated heterocycles. The summed E-state index contributed by atoms with van der Waals surface area (Å²) in [5.41, 5.74) is -1.30. The number of aliphatic carboxylic acids is 1. The van der Waals surface area contributed by atoms with E-state index in [-0.39, 0.29) is 5.91 Å². The average molecular weight is 538 g/mol. The third-order valence-corrected chi connectivity index (χ3v) is 8.32. The van der Waals surface area contributed by atoms with Crippen LogP contribution in [0.25, 0.3) is 0 Å². The van der Waals surface area contributed by atoms with Crippen molar-refractivity contribution in [2.24, 2.45) is 5.41 Å². The summed E-state index contributed by atoms with van der Waals surface area (Å²) in [7, 11) is 0. The summed E-state index contributed by atoms with van der Waals surface area (Å²) in [6.45, 7) is 6.73. The van der Waals surface area contributed by atoms with Crippen molar-refractivity contribution in [2.45, 2.75) is 194 Å². The normalized spacial score (nSPS) is 12.9. The van der Waals surface area contributed by atoms with E-state index in [1.807, 2.05) is 0 Å². The molecule has 2 N–H and O–H groups in total. The van der Waals surface area contributed by atoms with Crippen LogP contribution in [0.3, 0.4) is 0 Å². The smallest absolute Gasteiger partial charge is 0.318 e. The summed E-state index contributed by atoms with van der Waals surface area (Å²) in [5, 5.41) is 12.7. The van der Waals surface area contributed by atoms with Gasteiger partial charge < -0.3 is 10.4 Å². The van der Waals surface area contributed by atoms with E-state index < -0.39 is 11.4 Å². The van der Waals surface area contributed by atoms with Crippen molar-refractivity contribution >= 4 is 11.9 Å². The SMILES string of the molecule is CCCCCCCCCCCCCCCCNC(=O)C(C)(CCCCCCCCCCCCCC)C(=O)O. The van der Waals surface area contributed by atoms with Crippen LogP contribution in [-0.2, 0) is 9.59 Å². The van der Waals surface area contributed by atoms with Crippen LogP contribution in [0.4, 0.5) is 0 Å². The Hall–Kier alpha value is -1.06. The van der Waals surface area contributed by atoms with Gasteiger partial charge in [0.15, 0.2) is 0 Å². The van der Waals surface area contributed by atoms with E-state index in [1.54, 1.807) is 6.92 Å². The Morgan fingerprint density at radius 1 is 0.500 bits per heavy atom. The molecule has 0 saturated carbocycles. The average Bonchev–Trinajstić information content (AvgIpc) is 2.91. The number of carboxylic acids is 1. The maximum atomic E-state index is 12.7. The van der Waals surface area contributed by atoms with Crippen LogP contribution in [0.15, 0.2) is 0 Å². The number of carbonyl (C=O) groups is 2. The van der Waals surface area contributed by atoms with Crippen molar-refractivity contribution in [3.63, 3.8) is 0 Å². The van der Waals surface area contributed by atoms with Gasteiger partial charge in [0.2, 0.25) is 5.91 Å². The molecular weight excluding hydrogens is 470 g/mol. The van der Waals surface area contributed by atoms with Crippen molar-refractivity contribution in [2.75, 3.05) is 6.54 Å². The monoisotopic (exact) mass is 538 g/mol. The van der Waals surface area contributed by atoms with Crippen LogP contribution in [0.2, 0.25) is 0 Å². The summed E-state index contributed by atoms with van der Waals surface area (Å²) < 4.78 is 0. The minimum absolute atomic E-state index is 0.303. The zero-order chi connectivity index (χ0) is 28.2. The van der Waals surface area contributed by atoms with E-state index in [9.17, 15) is 14.7 Å². The number of hydrogen-bond acceptors (Lipinski definition) is 2. The Balaban J connectivity index is 3.70.